The van der Waals surface area contributed by atoms with Crippen molar-refractivity contribution in [3.8, 4) is 0 Å². The van der Waals surface area contributed by atoms with Gasteiger partial charge >= 0.3 is 19.8 Å². The first-order valence-electron chi connectivity index (χ1n) is 21.1. The van der Waals surface area contributed by atoms with Gasteiger partial charge in [-0.15, -0.1) is 0 Å². The molecule has 0 aromatic carbocycles. The van der Waals surface area contributed by atoms with E-state index >= 15 is 0 Å². The molecule has 314 valence electrons. The smallest absolute Gasteiger partial charge is 0.462 e. The second-order valence-electron chi connectivity index (χ2n) is 14.0. The molecule has 0 spiro atoms. The number of carbonyl (C=O) groups is 2. The van der Waals surface area contributed by atoms with Crippen LogP contribution in [-0.4, -0.2) is 65.7 Å². The number of esters is 2. The summed E-state index contributed by atoms with van der Waals surface area (Å²) in [4.78, 5) is 34.9. The van der Waals surface area contributed by atoms with Gasteiger partial charge in [0.2, 0.25) is 0 Å². The van der Waals surface area contributed by atoms with Crippen LogP contribution in [0.3, 0.4) is 0 Å². The highest BCUT2D eigenvalue weighted by atomic mass is 31.2. The Labute approximate surface area is 328 Å². The van der Waals surface area contributed by atoms with Gasteiger partial charge in [0.1, 0.15) is 12.7 Å². The number of aliphatic hydroxyl groups is 2. The number of aliphatic hydroxyl groups excluding tert-OH is 2. The van der Waals surface area contributed by atoms with E-state index in [9.17, 15) is 24.2 Å². The van der Waals surface area contributed by atoms with Crippen LogP contribution in [0.2, 0.25) is 0 Å². The van der Waals surface area contributed by atoms with Gasteiger partial charge in [-0.2, -0.15) is 0 Å². The van der Waals surface area contributed by atoms with Crippen LogP contribution in [0.4, 0.5) is 0 Å². The molecule has 0 fully saturated rings. The van der Waals surface area contributed by atoms with Gasteiger partial charge in [0.25, 0.3) is 0 Å². The lowest BCUT2D eigenvalue weighted by molar-refractivity contribution is -0.161. The van der Waals surface area contributed by atoms with E-state index in [4.69, 9.17) is 19.1 Å². The fourth-order valence-corrected chi connectivity index (χ4v) is 6.26. The molecule has 0 aliphatic rings. The predicted molar refractivity (Wildman–Crippen MR) is 219 cm³/mol. The summed E-state index contributed by atoms with van der Waals surface area (Å²) in [7, 11) is -4.62. The van der Waals surface area contributed by atoms with Gasteiger partial charge in [0.15, 0.2) is 6.10 Å². The second-order valence-corrected chi connectivity index (χ2v) is 15.4. The number of phosphoric ester groups is 1. The molecule has 54 heavy (non-hydrogen) atoms. The molecule has 10 nitrogen and oxygen atoms in total. The van der Waals surface area contributed by atoms with E-state index in [0.717, 1.165) is 64.2 Å². The van der Waals surface area contributed by atoms with Gasteiger partial charge in [-0.05, 0) is 70.6 Å². The number of carbonyl (C=O) groups excluding carboxylic acids is 2. The van der Waals surface area contributed by atoms with Crippen LogP contribution in [0.15, 0.2) is 48.6 Å². The Morgan fingerprint density at radius 3 is 1.57 bits per heavy atom. The van der Waals surface area contributed by atoms with Crippen molar-refractivity contribution in [3.63, 3.8) is 0 Å². The molecule has 0 aromatic heterocycles. The largest absolute Gasteiger partial charge is 0.472 e. The average Bonchev–Trinajstić information content (AvgIpc) is 3.16. The summed E-state index contributed by atoms with van der Waals surface area (Å²) in [5, 5.41) is 18.3. The SMILES string of the molecule is CC/C=C\C/C=C\C/C=C\CCCCCC(=O)OC(COC(=O)CCCCCCCCC/C=C\CCCCCCCCC)COP(=O)(O)OCC(O)CO. The predicted octanol–water partition coefficient (Wildman–Crippen LogP) is 10.9. The molecular formula is C43H77O10P. The summed E-state index contributed by atoms with van der Waals surface area (Å²) in [6.45, 7) is 2.22. The van der Waals surface area contributed by atoms with Crippen LogP contribution >= 0.6 is 7.82 Å². The van der Waals surface area contributed by atoms with E-state index in [1.807, 2.05) is 0 Å². The van der Waals surface area contributed by atoms with Gasteiger partial charge in [-0.1, -0.05) is 140 Å². The van der Waals surface area contributed by atoms with E-state index in [1.165, 1.54) is 70.6 Å². The molecule has 3 atom stereocenters. The minimum Gasteiger partial charge on any atom is -0.462 e. The Balaban J connectivity index is 4.32. The van der Waals surface area contributed by atoms with Crippen molar-refractivity contribution in [3.05, 3.63) is 48.6 Å². The maximum absolute atomic E-state index is 12.6. The van der Waals surface area contributed by atoms with Crippen molar-refractivity contribution in [1.29, 1.82) is 0 Å². The number of phosphoric acid groups is 1. The zero-order valence-electron chi connectivity index (χ0n) is 33.9. The Bertz CT molecular complexity index is 1040. The number of rotatable bonds is 39. The van der Waals surface area contributed by atoms with Crippen LogP contribution in [0, 0.1) is 0 Å². The van der Waals surface area contributed by atoms with Crippen LogP contribution in [0.1, 0.15) is 174 Å². The quantitative estimate of drug-likeness (QED) is 0.0238. The van der Waals surface area contributed by atoms with Crippen molar-refractivity contribution in [2.24, 2.45) is 0 Å². The lowest BCUT2D eigenvalue weighted by Gasteiger charge is -2.20. The molecule has 0 aliphatic heterocycles. The summed E-state index contributed by atoms with van der Waals surface area (Å²) < 4.78 is 32.6. The van der Waals surface area contributed by atoms with Gasteiger partial charge in [-0.3, -0.25) is 18.6 Å². The highest BCUT2D eigenvalue weighted by Crippen LogP contribution is 2.43. The molecule has 3 unspecified atom stereocenters. The molecule has 0 rings (SSSR count). The highest BCUT2D eigenvalue weighted by Gasteiger charge is 2.27. The molecule has 0 saturated carbocycles. The third kappa shape index (κ3) is 38.2. The Kier molecular flexibility index (Phi) is 37.7. The third-order valence-electron chi connectivity index (χ3n) is 8.72. The van der Waals surface area contributed by atoms with Gasteiger partial charge < -0.3 is 24.6 Å². The lowest BCUT2D eigenvalue weighted by atomic mass is 10.1. The summed E-state index contributed by atoms with van der Waals surface area (Å²) in [5.41, 5.74) is 0. The fourth-order valence-electron chi connectivity index (χ4n) is 5.47. The van der Waals surface area contributed by atoms with E-state index in [0.29, 0.717) is 12.8 Å². The van der Waals surface area contributed by atoms with Crippen molar-refractivity contribution in [2.45, 2.75) is 187 Å². The van der Waals surface area contributed by atoms with E-state index in [-0.39, 0.29) is 19.4 Å². The minimum absolute atomic E-state index is 0.147. The van der Waals surface area contributed by atoms with E-state index in [2.05, 4.69) is 67.0 Å². The summed E-state index contributed by atoms with van der Waals surface area (Å²) in [6, 6.07) is 0. The Hall–Kier alpha value is -2.07. The highest BCUT2D eigenvalue weighted by molar-refractivity contribution is 7.47. The molecule has 0 aromatic rings. The summed E-state index contributed by atoms with van der Waals surface area (Å²) >= 11 is 0. The molecular weight excluding hydrogens is 707 g/mol. The first-order valence-corrected chi connectivity index (χ1v) is 22.6. The van der Waals surface area contributed by atoms with Crippen LogP contribution in [0.25, 0.3) is 0 Å². The Morgan fingerprint density at radius 1 is 0.574 bits per heavy atom. The summed E-state index contributed by atoms with van der Waals surface area (Å²) in [6.07, 6.45) is 40.8. The Morgan fingerprint density at radius 2 is 1.02 bits per heavy atom. The summed E-state index contributed by atoms with van der Waals surface area (Å²) in [5.74, 6) is -0.966. The fraction of sp³-hybridized carbons (Fsp3) is 0.767. The van der Waals surface area contributed by atoms with Gasteiger partial charge in [0, 0.05) is 12.8 Å². The zero-order chi connectivity index (χ0) is 39.8. The van der Waals surface area contributed by atoms with Crippen molar-refractivity contribution < 1.29 is 47.8 Å². The minimum atomic E-state index is -4.62. The third-order valence-corrected chi connectivity index (χ3v) is 9.67. The standard InChI is InChI=1S/C43H77O10P/c1-3-5-7-9-11-13-15-17-18-19-20-21-23-24-26-28-30-32-34-42(46)50-38-41(39-52-54(48,49)51-37-40(45)36-44)53-43(47)35-33-31-29-27-25-22-16-14-12-10-8-6-4-2/h6,8,12,14,18-19,22,25,40-41,44-45H,3-5,7,9-11,13,15-17,20-21,23-24,26-39H2,1-2H3,(H,48,49)/b8-6-,14-12-,19-18-,25-22-. The van der Waals surface area contributed by atoms with Crippen LogP contribution in [-0.2, 0) is 32.7 Å². The molecule has 0 bridgehead atoms. The number of ether oxygens (including phenoxy) is 2. The van der Waals surface area contributed by atoms with Crippen molar-refractivity contribution >= 4 is 19.8 Å². The first kappa shape index (κ1) is 51.9. The van der Waals surface area contributed by atoms with Gasteiger partial charge in [0.05, 0.1) is 19.8 Å². The van der Waals surface area contributed by atoms with E-state index in [1.54, 1.807) is 0 Å². The van der Waals surface area contributed by atoms with E-state index < -0.39 is 51.8 Å². The molecule has 0 amide bonds. The second kappa shape index (κ2) is 39.2. The molecule has 0 radical (unpaired) electrons. The topological polar surface area (TPSA) is 149 Å². The first-order chi connectivity index (χ1) is 26.2. The van der Waals surface area contributed by atoms with Crippen LogP contribution < -0.4 is 0 Å². The van der Waals surface area contributed by atoms with Crippen molar-refractivity contribution in [1.82, 2.24) is 0 Å². The average molecular weight is 785 g/mol. The molecule has 0 aliphatic carbocycles. The van der Waals surface area contributed by atoms with Gasteiger partial charge in [-0.25, -0.2) is 4.57 Å². The maximum Gasteiger partial charge on any atom is 0.472 e. The molecule has 11 heteroatoms. The number of unbranched alkanes of at least 4 members (excludes halogenated alkanes) is 17. The number of allylic oxidation sites excluding steroid dienone is 8. The monoisotopic (exact) mass is 785 g/mol. The zero-order valence-corrected chi connectivity index (χ0v) is 34.8. The number of hydrogen-bond donors (Lipinski definition) is 3. The molecule has 3 N–H and O–H groups in total. The maximum atomic E-state index is 12.6. The normalized spacial score (nSPS) is 14.4. The molecule has 0 saturated heterocycles. The lowest BCUT2D eigenvalue weighted by Crippen LogP contribution is -2.29. The van der Waals surface area contributed by atoms with Crippen molar-refractivity contribution in [2.75, 3.05) is 26.4 Å². The molecule has 0 heterocycles. The number of hydrogen-bond acceptors (Lipinski definition) is 9. The van der Waals surface area contributed by atoms with Crippen LogP contribution in [0.5, 0.6) is 0 Å².